The molecule has 1 atom stereocenters. The Hall–Kier alpha value is -0.580. The molecular weight excluding hydrogens is 284 g/mol. The largest absolute Gasteiger partial charge is 0.331 e. The van der Waals surface area contributed by atoms with Gasteiger partial charge in [-0.2, -0.15) is 0 Å². The molecule has 21 heavy (non-hydrogen) atoms. The molecule has 0 saturated carbocycles. The number of hydrogen-bond acceptors (Lipinski definition) is 3. The smallest absolute Gasteiger partial charge is 0.108 e. The Balaban J connectivity index is 0.00000161. The Bertz CT molecular complexity index is 414. The van der Waals surface area contributed by atoms with Gasteiger partial charge in [-0.25, -0.2) is 4.98 Å². The Kier molecular flexibility index (Phi) is 6.52. The second-order valence-electron chi connectivity index (χ2n) is 6.35. The highest BCUT2D eigenvalue weighted by Crippen LogP contribution is 2.25. The highest BCUT2D eigenvalue weighted by Gasteiger charge is 2.25. The zero-order valence-corrected chi connectivity index (χ0v) is 13.9. The predicted molar refractivity (Wildman–Crippen MR) is 89.2 cm³/mol. The predicted octanol–water partition coefficient (Wildman–Crippen LogP) is 2.50. The molecule has 3 rings (SSSR count). The summed E-state index contributed by atoms with van der Waals surface area (Å²) >= 11 is 0. The quantitative estimate of drug-likeness (QED) is 0.927. The van der Waals surface area contributed by atoms with Gasteiger partial charge in [-0.15, -0.1) is 12.4 Å². The number of hydrogen-bond donors (Lipinski definition) is 1. The first-order valence-corrected chi connectivity index (χ1v) is 8.31. The van der Waals surface area contributed by atoms with E-state index in [0.29, 0.717) is 6.04 Å². The number of imidazole rings is 1. The van der Waals surface area contributed by atoms with E-state index in [0.717, 1.165) is 12.3 Å². The highest BCUT2D eigenvalue weighted by atomic mass is 35.5. The minimum absolute atomic E-state index is 0. The molecule has 0 spiro atoms. The third-order valence-electron chi connectivity index (χ3n) is 4.91. The fourth-order valence-corrected chi connectivity index (χ4v) is 3.80. The molecule has 1 N–H and O–H groups in total. The van der Waals surface area contributed by atoms with E-state index in [4.69, 9.17) is 0 Å². The van der Waals surface area contributed by atoms with Gasteiger partial charge in [-0.1, -0.05) is 6.92 Å². The first-order chi connectivity index (χ1) is 9.86. The third kappa shape index (κ3) is 4.21. The first-order valence-electron chi connectivity index (χ1n) is 8.31. The minimum atomic E-state index is 0. The highest BCUT2D eigenvalue weighted by molar-refractivity contribution is 5.85. The van der Waals surface area contributed by atoms with Gasteiger partial charge in [0.2, 0.25) is 0 Å². The van der Waals surface area contributed by atoms with Crippen LogP contribution < -0.4 is 5.32 Å². The molecule has 5 heteroatoms. The summed E-state index contributed by atoms with van der Waals surface area (Å²) in [6, 6.07) is 0.642. The van der Waals surface area contributed by atoms with E-state index in [-0.39, 0.29) is 12.4 Å². The van der Waals surface area contributed by atoms with E-state index in [1.807, 2.05) is 6.20 Å². The molecule has 3 heterocycles. The summed E-state index contributed by atoms with van der Waals surface area (Å²) in [5.74, 6) is 2.15. The standard InChI is InChI=1S/C16H28N4.ClH/c1-2-16-18-9-11-20(16)15-4-3-10-19(13-15)12-14-5-7-17-8-6-14;/h9,11,14-15,17H,2-8,10,12-13H2,1H3;1H. The molecule has 2 aliphatic rings. The van der Waals surface area contributed by atoms with Crippen LogP contribution in [-0.2, 0) is 6.42 Å². The average Bonchev–Trinajstić information content (AvgIpc) is 2.97. The van der Waals surface area contributed by atoms with Crippen LogP contribution in [0.4, 0.5) is 0 Å². The summed E-state index contributed by atoms with van der Waals surface area (Å²) in [5.41, 5.74) is 0. The first kappa shape index (κ1) is 16.8. The fraction of sp³-hybridized carbons (Fsp3) is 0.812. The molecular formula is C16H29ClN4. The number of likely N-dealkylation sites (tertiary alicyclic amines) is 1. The second-order valence-corrected chi connectivity index (χ2v) is 6.35. The van der Waals surface area contributed by atoms with Crippen LogP contribution in [0.15, 0.2) is 12.4 Å². The van der Waals surface area contributed by atoms with Gasteiger partial charge in [0.25, 0.3) is 0 Å². The molecule has 1 unspecified atom stereocenters. The summed E-state index contributed by atoms with van der Waals surface area (Å²) in [5, 5.41) is 3.47. The van der Waals surface area contributed by atoms with E-state index in [1.54, 1.807) is 0 Å². The summed E-state index contributed by atoms with van der Waals surface area (Å²) < 4.78 is 2.43. The molecule has 2 fully saturated rings. The van der Waals surface area contributed by atoms with Crippen LogP contribution in [0.25, 0.3) is 0 Å². The lowest BCUT2D eigenvalue weighted by molar-refractivity contribution is 0.141. The molecule has 0 aromatic carbocycles. The van der Waals surface area contributed by atoms with Crippen LogP contribution >= 0.6 is 12.4 Å². The van der Waals surface area contributed by atoms with Crippen molar-refractivity contribution in [2.24, 2.45) is 5.92 Å². The molecule has 2 aliphatic heterocycles. The number of halogens is 1. The lowest BCUT2D eigenvalue weighted by Crippen LogP contribution is -2.42. The van der Waals surface area contributed by atoms with Gasteiger partial charge in [0, 0.05) is 37.9 Å². The number of nitrogens with one attached hydrogen (secondary N) is 1. The second kappa shape index (κ2) is 8.16. The zero-order chi connectivity index (χ0) is 13.8. The fourth-order valence-electron chi connectivity index (χ4n) is 3.80. The van der Waals surface area contributed by atoms with Crippen LogP contribution in [0.1, 0.15) is 44.5 Å². The summed E-state index contributed by atoms with van der Waals surface area (Å²) in [6.45, 7) is 8.43. The van der Waals surface area contributed by atoms with Gasteiger partial charge < -0.3 is 14.8 Å². The van der Waals surface area contributed by atoms with Crippen molar-refractivity contribution in [1.82, 2.24) is 19.8 Å². The number of aryl methyl sites for hydroxylation is 1. The normalized spacial score (nSPS) is 24.7. The Morgan fingerprint density at radius 1 is 1.29 bits per heavy atom. The van der Waals surface area contributed by atoms with Crippen molar-refractivity contribution in [1.29, 1.82) is 0 Å². The van der Waals surface area contributed by atoms with Crippen LogP contribution in [0.2, 0.25) is 0 Å². The maximum atomic E-state index is 4.49. The molecule has 2 saturated heterocycles. The Morgan fingerprint density at radius 3 is 2.86 bits per heavy atom. The minimum Gasteiger partial charge on any atom is -0.331 e. The number of rotatable bonds is 4. The average molecular weight is 313 g/mol. The monoisotopic (exact) mass is 312 g/mol. The third-order valence-corrected chi connectivity index (χ3v) is 4.91. The Morgan fingerprint density at radius 2 is 2.10 bits per heavy atom. The van der Waals surface area contributed by atoms with Crippen LogP contribution in [0.5, 0.6) is 0 Å². The molecule has 4 nitrogen and oxygen atoms in total. The van der Waals surface area contributed by atoms with E-state index in [2.05, 4.69) is 32.9 Å². The lowest BCUT2D eigenvalue weighted by atomic mass is 9.96. The lowest BCUT2D eigenvalue weighted by Gasteiger charge is -2.37. The van der Waals surface area contributed by atoms with Crippen molar-refractivity contribution in [3.05, 3.63) is 18.2 Å². The Labute approximate surface area is 134 Å². The number of nitrogens with zero attached hydrogens (tertiary/aromatic N) is 3. The topological polar surface area (TPSA) is 33.1 Å². The van der Waals surface area contributed by atoms with Crippen LogP contribution in [0.3, 0.4) is 0 Å². The summed E-state index contributed by atoms with van der Waals surface area (Å²) in [4.78, 5) is 7.18. The van der Waals surface area contributed by atoms with Gasteiger partial charge >= 0.3 is 0 Å². The van der Waals surface area contributed by atoms with Gasteiger partial charge in [-0.05, 0) is 51.2 Å². The van der Waals surface area contributed by atoms with Crippen molar-refractivity contribution >= 4 is 12.4 Å². The van der Waals surface area contributed by atoms with Gasteiger partial charge in [0.1, 0.15) is 5.82 Å². The molecule has 0 aliphatic carbocycles. The SMILES string of the molecule is CCc1nccn1C1CCCN(CC2CCNCC2)C1.Cl. The van der Waals surface area contributed by atoms with Crippen LogP contribution in [0, 0.1) is 5.92 Å². The molecule has 1 aromatic heterocycles. The van der Waals surface area contributed by atoms with Crippen molar-refractivity contribution < 1.29 is 0 Å². The van der Waals surface area contributed by atoms with E-state index in [1.165, 1.54) is 64.2 Å². The van der Waals surface area contributed by atoms with E-state index >= 15 is 0 Å². The number of aromatic nitrogens is 2. The van der Waals surface area contributed by atoms with E-state index < -0.39 is 0 Å². The number of piperidine rings is 2. The van der Waals surface area contributed by atoms with Crippen LogP contribution in [-0.4, -0.2) is 47.2 Å². The van der Waals surface area contributed by atoms with Gasteiger partial charge in [-0.3, -0.25) is 0 Å². The molecule has 1 aromatic rings. The molecule has 0 bridgehead atoms. The molecule has 0 radical (unpaired) electrons. The molecule has 120 valence electrons. The van der Waals surface area contributed by atoms with Gasteiger partial charge in [0.05, 0.1) is 0 Å². The summed E-state index contributed by atoms with van der Waals surface area (Å²) in [6.07, 6.45) is 10.5. The van der Waals surface area contributed by atoms with Crippen molar-refractivity contribution in [2.45, 2.75) is 45.1 Å². The van der Waals surface area contributed by atoms with Crippen molar-refractivity contribution in [3.63, 3.8) is 0 Å². The van der Waals surface area contributed by atoms with Gasteiger partial charge in [0.15, 0.2) is 0 Å². The maximum absolute atomic E-state index is 4.49. The maximum Gasteiger partial charge on any atom is 0.108 e. The summed E-state index contributed by atoms with van der Waals surface area (Å²) in [7, 11) is 0. The molecule has 0 amide bonds. The zero-order valence-electron chi connectivity index (χ0n) is 13.1. The van der Waals surface area contributed by atoms with Crippen molar-refractivity contribution in [2.75, 3.05) is 32.7 Å². The van der Waals surface area contributed by atoms with E-state index in [9.17, 15) is 0 Å². The van der Waals surface area contributed by atoms with Crippen molar-refractivity contribution in [3.8, 4) is 0 Å².